The Bertz CT molecular complexity index is 906. The number of carbonyl (C=O) groups excluding carboxylic acids is 1. The van der Waals surface area contributed by atoms with Crippen molar-refractivity contribution in [3.05, 3.63) is 53.1 Å². The molecule has 1 atom stereocenters. The van der Waals surface area contributed by atoms with Crippen molar-refractivity contribution in [2.75, 3.05) is 5.32 Å². The molecule has 0 bridgehead atoms. The fraction of sp³-hybridized carbons (Fsp3) is 0.333. The van der Waals surface area contributed by atoms with Crippen LogP contribution in [0.5, 0.6) is 0 Å². The first-order chi connectivity index (χ1) is 12.9. The van der Waals surface area contributed by atoms with Crippen molar-refractivity contribution in [3.63, 3.8) is 0 Å². The lowest BCUT2D eigenvalue weighted by Gasteiger charge is -2.25. The van der Waals surface area contributed by atoms with Gasteiger partial charge in [-0.2, -0.15) is 5.11 Å². The number of carboxylic acid groups (broad SMARTS) is 1. The maximum absolute atomic E-state index is 11.4. The summed E-state index contributed by atoms with van der Waals surface area (Å²) in [6, 6.07) is 11.0. The van der Waals surface area contributed by atoms with E-state index >= 15 is 0 Å². The Hall–Kier alpha value is -3.02. The van der Waals surface area contributed by atoms with Gasteiger partial charge < -0.3 is 15.2 Å². The van der Waals surface area contributed by atoms with Crippen LogP contribution in [-0.4, -0.2) is 22.9 Å². The molecule has 2 aromatic rings. The third-order valence-electron chi connectivity index (χ3n) is 4.70. The first-order valence-electron chi connectivity index (χ1n) is 9.10. The van der Waals surface area contributed by atoms with Crippen LogP contribution in [0.2, 0.25) is 0 Å². The second kappa shape index (κ2) is 8.12. The molecule has 0 spiro atoms. The molecule has 140 valence electrons. The minimum atomic E-state index is -1.04. The summed E-state index contributed by atoms with van der Waals surface area (Å²) in [5.41, 5.74) is 4.29. The molecule has 1 aliphatic rings. The number of hydrogen-bond acceptors (Lipinski definition) is 5. The number of rotatable bonds is 6. The zero-order chi connectivity index (χ0) is 19.4. The van der Waals surface area contributed by atoms with Crippen LogP contribution in [0.1, 0.15) is 48.2 Å². The molecule has 6 nitrogen and oxygen atoms in total. The number of carbonyl (C=O) groups is 2. The van der Waals surface area contributed by atoms with E-state index in [9.17, 15) is 14.7 Å². The van der Waals surface area contributed by atoms with Crippen LogP contribution in [0.3, 0.4) is 0 Å². The molecular weight excluding hydrogens is 342 g/mol. The highest BCUT2D eigenvalue weighted by atomic mass is 16.4. The van der Waals surface area contributed by atoms with Crippen LogP contribution in [0.25, 0.3) is 0 Å². The summed E-state index contributed by atoms with van der Waals surface area (Å²) in [4.78, 5) is 22.8. The third kappa shape index (κ3) is 4.58. The summed E-state index contributed by atoms with van der Waals surface area (Å²) in [6.45, 7) is 3.72. The lowest BCUT2D eigenvalue weighted by Crippen LogP contribution is -2.22. The van der Waals surface area contributed by atoms with Gasteiger partial charge in [-0.1, -0.05) is 12.1 Å². The number of ketones is 1. The fourth-order valence-electron chi connectivity index (χ4n) is 3.18. The van der Waals surface area contributed by atoms with Gasteiger partial charge in [-0.3, -0.25) is 0 Å². The van der Waals surface area contributed by atoms with Gasteiger partial charge in [0.1, 0.15) is 11.5 Å². The third-order valence-corrected chi connectivity index (χ3v) is 4.70. The molecule has 1 heterocycles. The number of carboxylic acids is 1. The van der Waals surface area contributed by atoms with Gasteiger partial charge in [0.05, 0.1) is 11.3 Å². The molecule has 2 aromatic carbocycles. The number of aryl methyl sites for hydroxylation is 2. The van der Waals surface area contributed by atoms with E-state index < -0.39 is 5.97 Å². The van der Waals surface area contributed by atoms with Crippen LogP contribution in [0.4, 0.5) is 17.1 Å². The largest absolute Gasteiger partial charge is 0.478 e. The lowest BCUT2D eigenvalue weighted by molar-refractivity contribution is -0.116. The van der Waals surface area contributed by atoms with Crippen molar-refractivity contribution in [2.24, 2.45) is 10.2 Å². The van der Waals surface area contributed by atoms with E-state index in [4.69, 9.17) is 0 Å². The zero-order valence-corrected chi connectivity index (χ0v) is 15.5. The molecule has 1 aliphatic heterocycles. The molecule has 0 radical (unpaired) electrons. The Morgan fingerprint density at radius 3 is 2.67 bits per heavy atom. The summed E-state index contributed by atoms with van der Waals surface area (Å²) >= 11 is 0. The Balaban J connectivity index is 1.98. The number of aromatic carboxylic acids is 1. The van der Waals surface area contributed by atoms with E-state index in [-0.39, 0.29) is 11.3 Å². The number of anilines is 1. The number of fused-ring (bicyclic) bond motifs is 1. The minimum absolute atomic E-state index is 0.111. The van der Waals surface area contributed by atoms with Crippen LogP contribution in [0, 0.1) is 0 Å². The molecule has 0 unspecified atom stereocenters. The maximum atomic E-state index is 11.4. The van der Waals surface area contributed by atoms with Gasteiger partial charge in [0.25, 0.3) is 0 Å². The quantitative estimate of drug-likeness (QED) is 0.699. The Morgan fingerprint density at radius 2 is 1.93 bits per heavy atom. The van der Waals surface area contributed by atoms with Gasteiger partial charge in [-0.25, -0.2) is 4.79 Å². The second-order valence-electron chi connectivity index (χ2n) is 6.95. The van der Waals surface area contributed by atoms with Crippen LogP contribution in [-0.2, 0) is 17.6 Å². The van der Waals surface area contributed by atoms with E-state index in [0.717, 1.165) is 24.1 Å². The molecule has 27 heavy (non-hydrogen) atoms. The average molecular weight is 365 g/mol. The van der Waals surface area contributed by atoms with E-state index in [0.29, 0.717) is 30.3 Å². The molecule has 0 saturated carbocycles. The molecule has 0 fully saturated rings. The van der Waals surface area contributed by atoms with Gasteiger partial charge in [0, 0.05) is 18.2 Å². The predicted octanol–water partition coefficient (Wildman–Crippen LogP) is 5.07. The van der Waals surface area contributed by atoms with Crippen molar-refractivity contribution in [3.8, 4) is 0 Å². The van der Waals surface area contributed by atoms with Crippen molar-refractivity contribution in [1.29, 1.82) is 0 Å². The summed E-state index contributed by atoms with van der Waals surface area (Å²) in [7, 11) is 0. The molecular formula is C21H23N3O3. The molecule has 3 rings (SSSR count). The van der Waals surface area contributed by atoms with Crippen molar-refractivity contribution in [1.82, 2.24) is 0 Å². The first kappa shape index (κ1) is 18.8. The highest BCUT2D eigenvalue weighted by Crippen LogP contribution is 2.34. The van der Waals surface area contributed by atoms with E-state index in [2.05, 4.69) is 22.5 Å². The monoisotopic (exact) mass is 365 g/mol. The highest BCUT2D eigenvalue weighted by Gasteiger charge is 2.17. The van der Waals surface area contributed by atoms with Gasteiger partial charge >= 0.3 is 5.97 Å². The first-order valence-corrected chi connectivity index (χ1v) is 9.10. The Labute approximate surface area is 158 Å². The lowest BCUT2D eigenvalue weighted by atomic mass is 9.94. The van der Waals surface area contributed by atoms with Gasteiger partial charge in [0.2, 0.25) is 0 Å². The highest BCUT2D eigenvalue weighted by molar-refractivity contribution is 5.93. The topological polar surface area (TPSA) is 91.1 Å². The van der Waals surface area contributed by atoms with Crippen molar-refractivity contribution in [2.45, 2.75) is 45.6 Å². The molecule has 0 amide bonds. The number of hydrogen-bond donors (Lipinski definition) is 2. The molecule has 6 heteroatoms. The molecule has 2 N–H and O–H groups in total. The van der Waals surface area contributed by atoms with Crippen LogP contribution >= 0.6 is 0 Å². The Kier molecular flexibility index (Phi) is 5.64. The van der Waals surface area contributed by atoms with Crippen LogP contribution in [0.15, 0.2) is 46.6 Å². The number of Topliss-reactive ketones (excluding diaryl/α,β-unsaturated/α-hetero) is 1. The average Bonchev–Trinajstić information content (AvgIpc) is 2.64. The fourth-order valence-corrected chi connectivity index (χ4v) is 3.18. The van der Waals surface area contributed by atoms with E-state index in [1.807, 2.05) is 12.1 Å². The number of nitrogens with zero attached hydrogens (tertiary/aromatic N) is 2. The standard InChI is InChI=1S/C21H23N3O3/c1-13-7-9-15-12-20(16(10-8-14(2)25)11-19(15)22-13)24-23-18-6-4-3-5-17(18)21(26)27/h3-6,11-13,22H,7-10H2,1-2H3,(H,26,27)/t13-/m1/s1. The summed E-state index contributed by atoms with van der Waals surface area (Å²) in [6.07, 6.45) is 3.00. The molecule has 0 aliphatic carbocycles. The van der Waals surface area contributed by atoms with Gasteiger partial charge in [-0.05, 0) is 68.5 Å². The summed E-state index contributed by atoms with van der Waals surface area (Å²) < 4.78 is 0. The predicted molar refractivity (Wildman–Crippen MR) is 104 cm³/mol. The smallest absolute Gasteiger partial charge is 0.337 e. The normalized spacial score (nSPS) is 16.0. The van der Waals surface area contributed by atoms with Crippen LogP contribution < -0.4 is 5.32 Å². The zero-order valence-electron chi connectivity index (χ0n) is 15.5. The van der Waals surface area contributed by atoms with Crippen molar-refractivity contribution >= 4 is 28.8 Å². The maximum Gasteiger partial charge on any atom is 0.337 e. The molecule has 0 aromatic heterocycles. The minimum Gasteiger partial charge on any atom is -0.478 e. The second-order valence-corrected chi connectivity index (χ2v) is 6.95. The van der Waals surface area contributed by atoms with Gasteiger partial charge in [0.15, 0.2) is 0 Å². The SMILES string of the molecule is CC(=O)CCc1cc2c(cc1N=Nc1ccccc1C(=O)O)CC[C@@H](C)N2. The summed E-state index contributed by atoms with van der Waals surface area (Å²) in [5, 5.41) is 21.3. The Morgan fingerprint density at radius 1 is 1.19 bits per heavy atom. The van der Waals surface area contributed by atoms with E-state index in [1.54, 1.807) is 25.1 Å². The number of nitrogens with one attached hydrogen (secondary N) is 1. The summed E-state index contributed by atoms with van der Waals surface area (Å²) in [5.74, 6) is -0.918. The number of benzene rings is 2. The van der Waals surface area contributed by atoms with Gasteiger partial charge in [-0.15, -0.1) is 5.11 Å². The van der Waals surface area contributed by atoms with E-state index in [1.165, 1.54) is 11.6 Å². The molecule has 0 saturated heterocycles. The van der Waals surface area contributed by atoms with Crippen molar-refractivity contribution < 1.29 is 14.7 Å². The number of azo groups is 1.